The fourth-order valence-corrected chi connectivity index (χ4v) is 5.39. The van der Waals surface area contributed by atoms with Gasteiger partial charge in [-0.05, 0) is 54.2 Å². The first-order valence-corrected chi connectivity index (χ1v) is 11.9. The Morgan fingerprint density at radius 3 is 2.66 bits per heavy atom. The molecule has 6 nitrogen and oxygen atoms in total. The van der Waals surface area contributed by atoms with E-state index in [9.17, 15) is 13.2 Å². The van der Waals surface area contributed by atoms with E-state index in [0.29, 0.717) is 25.1 Å². The first-order valence-electron chi connectivity index (χ1n) is 9.37. The lowest BCUT2D eigenvalue weighted by Crippen LogP contribution is -2.35. The Morgan fingerprint density at radius 2 is 1.90 bits per heavy atom. The maximum Gasteiger partial charge on any atom is 0.238 e. The monoisotopic (exact) mass is 425 g/mol. The van der Waals surface area contributed by atoms with Gasteiger partial charge in [-0.2, -0.15) is 0 Å². The number of thiazole rings is 1. The number of primary sulfonamides is 1. The van der Waals surface area contributed by atoms with Crippen molar-refractivity contribution in [1.82, 2.24) is 4.98 Å². The number of aromatic nitrogens is 1. The number of sulfonamides is 1. The van der Waals surface area contributed by atoms with Crippen LogP contribution in [-0.4, -0.2) is 25.9 Å². The molecule has 3 aromatic rings. The lowest BCUT2D eigenvalue weighted by Gasteiger charge is -2.21. The van der Waals surface area contributed by atoms with E-state index in [1.54, 1.807) is 22.3 Å². The second-order valence-electron chi connectivity index (χ2n) is 7.54. The minimum Gasteiger partial charge on any atom is -0.312 e. The van der Waals surface area contributed by atoms with E-state index in [1.165, 1.54) is 23.3 Å². The fraction of sp³-hybridized carbons (Fsp3) is 0.238. The Hall–Kier alpha value is -2.55. The van der Waals surface area contributed by atoms with Gasteiger partial charge in [0, 0.05) is 29.1 Å². The molecule has 0 fully saturated rings. The molecule has 1 amide bonds. The SMILES string of the molecule is NS(=O)(=O)c1ccc2c(c1)N(C(=O)C1Cc3ccc(-c4cscn4)cc3C1)CC2. The summed E-state index contributed by atoms with van der Waals surface area (Å²) in [5.74, 6) is -0.0958. The molecule has 2 aromatic carbocycles. The molecule has 0 spiro atoms. The van der Waals surface area contributed by atoms with Crippen molar-refractivity contribution < 1.29 is 13.2 Å². The highest BCUT2D eigenvalue weighted by Crippen LogP contribution is 2.36. The predicted molar refractivity (Wildman–Crippen MR) is 112 cm³/mol. The summed E-state index contributed by atoms with van der Waals surface area (Å²) in [6, 6.07) is 11.1. The van der Waals surface area contributed by atoms with Crippen LogP contribution in [0.25, 0.3) is 11.3 Å². The number of hydrogen-bond acceptors (Lipinski definition) is 5. The van der Waals surface area contributed by atoms with Crippen molar-refractivity contribution in [3.8, 4) is 11.3 Å². The highest BCUT2D eigenvalue weighted by atomic mass is 32.2. The molecule has 5 rings (SSSR count). The topological polar surface area (TPSA) is 93.4 Å². The molecule has 1 aliphatic carbocycles. The average molecular weight is 426 g/mol. The van der Waals surface area contributed by atoms with E-state index in [2.05, 4.69) is 23.2 Å². The van der Waals surface area contributed by atoms with Crippen LogP contribution in [0, 0.1) is 5.92 Å². The smallest absolute Gasteiger partial charge is 0.238 e. The predicted octanol–water partition coefficient (Wildman–Crippen LogP) is 2.76. The van der Waals surface area contributed by atoms with Gasteiger partial charge in [0.15, 0.2) is 0 Å². The molecule has 2 N–H and O–H groups in total. The lowest BCUT2D eigenvalue weighted by molar-refractivity contribution is -0.122. The molecular formula is C21H19N3O3S2. The lowest BCUT2D eigenvalue weighted by atomic mass is 10.0. The number of carbonyl (C=O) groups excluding carboxylic acids is 1. The van der Waals surface area contributed by atoms with Crippen LogP contribution in [0.15, 0.2) is 52.2 Å². The molecule has 29 heavy (non-hydrogen) atoms. The molecule has 1 aromatic heterocycles. The Morgan fingerprint density at radius 1 is 1.10 bits per heavy atom. The van der Waals surface area contributed by atoms with Crippen LogP contribution in [0.2, 0.25) is 0 Å². The van der Waals surface area contributed by atoms with Crippen molar-refractivity contribution in [2.24, 2.45) is 11.1 Å². The van der Waals surface area contributed by atoms with Gasteiger partial charge in [-0.15, -0.1) is 11.3 Å². The summed E-state index contributed by atoms with van der Waals surface area (Å²) in [6.45, 7) is 0.569. The van der Waals surface area contributed by atoms with Crippen LogP contribution in [0.1, 0.15) is 16.7 Å². The number of anilines is 1. The highest BCUT2D eigenvalue weighted by molar-refractivity contribution is 7.89. The minimum atomic E-state index is -3.81. The molecule has 0 saturated heterocycles. The van der Waals surface area contributed by atoms with Gasteiger partial charge in [-0.3, -0.25) is 4.79 Å². The van der Waals surface area contributed by atoms with Crippen molar-refractivity contribution in [3.63, 3.8) is 0 Å². The number of amides is 1. The summed E-state index contributed by atoms with van der Waals surface area (Å²) in [5.41, 5.74) is 7.87. The quantitative estimate of drug-likeness (QED) is 0.698. The standard InChI is InChI=1S/C21H19N3O3S2/c22-29(26,27)18-4-3-13-5-6-24(20(13)10-18)21(25)17-7-14-1-2-15(8-16(14)9-17)19-11-28-12-23-19/h1-4,8,10-12,17H,5-7,9H2,(H2,22,26,27). The van der Waals surface area contributed by atoms with E-state index < -0.39 is 10.0 Å². The van der Waals surface area contributed by atoms with Crippen molar-refractivity contribution in [3.05, 3.63) is 64.0 Å². The molecule has 0 bridgehead atoms. The summed E-state index contributed by atoms with van der Waals surface area (Å²) >= 11 is 1.56. The van der Waals surface area contributed by atoms with Gasteiger partial charge in [-0.1, -0.05) is 18.2 Å². The van der Waals surface area contributed by atoms with Gasteiger partial charge in [0.1, 0.15) is 0 Å². The van der Waals surface area contributed by atoms with Crippen LogP contribution in [-0.2, 0) is 34.1 Å². The first-order chi connectivity index (χ1) is 13.9. The third kappa shape index (κ3) is 3.27. The summed E-state index contributed by atoms with van der Waals surface area (Å²) < 4.78 is 23.4. The molecule has 1 unspecified atom stereocenters. The zero-order valence-electron chi connectivity index (χ0n) is 15.5. The summed E-state index contributed by atoms with van der Waals surface area (Å²) in [5, 5.41) is 7.29. The minimum absolute atomic E-state index is 0.0403. The van der Waals surface area contributed by atoms with Crippen LogP contribution in [0.4, 0.5) is 5.69 Å². The number of hydrogen-bond donors (Lipinski definition) is 1. The zero-order chi connectivity index (χ0) is 20.2. The van der Waals surface area contributed by atoms with E-state index in [-0.39, 0.29) is 16.7 Å². The zero-order valence-corrected chi connectivity index (χ0v) is 17.2. The van der Waals surface area contributed by atoms with Crippen molar-refractivity contribution >= 4 is 33.0 Å². The Balaban J connectivity index is 1.40. The number of nitrogens with zero attached hydrogens (tertiary/aromatic N) is 2. The van der Waals surface area contributed by atoms with E-state index in [0.717, 1.165) is 23.2 Å². The molecular weight excluding hydrogens is 406 g/mol. The fourth-order valence-electron chi connectivity index (χ4n) is 4.29. The highest BCUT2D eigenvalue weighted by Gasteiger charge is 2.34. The van der Waals surface area contributed by atoms with Gasteiger partial charge in [-0.25, -0.2) is 18.5 Å². The normalized spacial score (nSPS) is 18.0. The molecule has 1 aliphatic heterocycles. The van der Waals surface area contributed by atoms with Crippen LogP contribution in [0.5, 0.6) is 0 Å². The molecule has 2 heterocycles. The summed E-state index contributed by atoms with van der Waals surface area (Å²) in [7, 11) is -3.81. The second-order valence-corrected chi connectivity index (χ2v) is 9.82. The number of nitrogens with two attached hydrogens (primary N) is 1. The van der Waals surface area contributed by atoms with Gasteiger partial charge in [0.25, 0.3) is 0 Å². The van der Waals surface area contributed by atoms with Gasteiger partial charge < -0.3 is 4.90 Å². The van der Waals surface area contributed by atoms with Gasteiger partial charge >= 0.3 is 0 Å². The third-order valence-electron chi connectivity index (χ3n) is 5.76. The largest absolute Gasteiger partial charge is 0.312 e. The Labute approximate surface area is 173 Å². The van der Waals surface area contributed by atoms with Crippen molar-refractivity contribution in [2.45, 2.75) is 24.2 Å². The van der Waals surface area contributed by atoms with Crippen LogP contribution >= 0.6 is 11.3 Å². The summed E-state index contributed by atoms with van der Waals surface area (Å²) in [4.78, 5) is 19.4. The van der Waals surface area contributed by atoms with E-state index >= 15 is 0 Å². The van der Waals surface area contributed by atoms with E-state index in [1.807, 2.05) is 10.9 Å². The molecule has 0 saturated carbocycles. The van der Waals surface area contributed by atoms with Crippen molar-refractivity contribution in [2.75, 3.05) is 11.4 Å². The maximum absolute atomic E-state index is 13.3. The van der Waals surface area contributed by atoms with Crippen LogP contribution < -0.4 is 10.0 Å². The summed E-state index contributed by atoms with van der Waals surface area (Å²) in [6.07, 6.45) is 2.11. The van der Waals surface area contributed by atoms with Crippen LogP contribution in [0.3, 0.4) is 0 Å². The maximum atomic E-state index is 13.3. The Kier molecular flexibility index (Phi) is 4.31. The molecule has 1 atom stereocenters. The molecule has 8 heteroatoms. The van der Waals surface area contributed by atoms with E-state index in [4.69, 9.17) is 5.14 Å². The molecule has 2 aliphatic rings. The molecule has 148 valence electrons. The number of fused-ring (bicyclic) bond motifs is 2. The van der Waals surface area contributed by atoms with Gasteiger partial charge in [0.2, 0.25) is 15.9 Å². The molecule has 0 radical (unpaired) electrons. The van der Waals surface area contributed by atoms with Gasteiger partial charge in [0.05, 0.1) is 16.1 Å². The van der Waals surface area contributed by atoms with Crippen molar-refractivity contribution in [1.29, 1.82) is 0 Å². The third-order valence-corrected chi connectivity index (χ3v) is 7.26. The number of rotatable bonds is 3. The number of benzene rings is 2. The average Bonchev–Trinajstić information content (AvgIpc) is 3.44. The first kappa shape index (κ1) is 18.5. The Bertz CT molecular complexity index is 1220. The second kappa shape index (κ2) is 6.76. The number of carbonyl (C=O) groups is 1.